The highest BCUT2D eigenvalue weighted by Crippen LogP contribution is 2.42. The van der Waals surface area contributed by atoms with Crippen molar-refractivity contribution in [3.05, 3.63) is 119 Å². The van der Waals surface area contributed by atoms with E-state index in [2.05, 4.69) is 73.0 Å². The third-order valence-electron chi connectivity index (χ3n) is 8.49. The molecule has 0 saturated carbocycles. The summed E-state index contributed by atoms with van der Waals surface area (Å²) in [6.45, 7) is 8.56. The Morgan fingerprint density at radius 3 is 2.37 bits per heavy atom. The van der Waals surface area contributed by atoms with Crippen molar-refractivity contribution < 1.29 is 13.6 Å². The number of allylic oxidation sites excluding steroid dienone is 1. The van der Waals surface area contributed by atoms with Crippen LogP contribution in [0.5, 0.6) is 5.75 Å². The fourth-order valence-electron chi connectivity index (χ4n) is 6.60. The summed E-state index contributed by atoms with van der Waals surface area (Å²) >= 11 is 6.25. The first-order valence-electron chi connectivity index (χ1n) is 15.8. The van der Waals surface area contributed by atoms with Gasteiger partial charge < -0.3 is 23.9 Å². The van der Waals surface area contributed by atoms with E-state index in [4.69, 9.17) is 30.9 Å². The first kappa shape index (κ1) is 29.6. The molecule has 0 saturated heterocycles. The number of ether oxygens (including phenoxy) is 1. The van der Waals surface area contributed by atoms with Crippen molar-refractivity contribution in [2.45, 2.75) is 40.7 Å². The van der Waals surface area contributed by atoms with Gasteiger partial charge in [0.1, 0.15) is 23.4 Å². The minimum absolute atomic E-state index is 0.290. The van der Waals surface area contributed by atoms with Crippen molar-refractivity contribution >= 4 is 78.1 Å². The Bertz CT molecular complexity index is 2430. The van der Waals surface area contributed by atoms with Crippen LogP contribution in [-0.4, -0.2) is 4.57 Å². The molecule has 0 spiro atoms. The number of para-hydroxylation sites is 2. The van der Waals surface area contributed by atoms with Gasteiger partial charge in [0.25, 0.3) is 0 Å². The number of furan rings is 2. The van der Waals surface area contributed by atoms with Gasteiger partial charge in [-0.05, 0) is 67.4 Å². The van der Waals surface area contributed by atoms with E-state index >= 15 is 0 Å². The third-order valence-corrected chi connectivity index (χ3v) is 8.72. The van der Waals surface area contributed by atoms with Crippen molar-refractivity contribution in [1.82, 2.24) is 4.57 Å². The number of anilines is 1. The predicted molar refractivity (Wildman–Crippen MR) is 193 cm³/mol. The zero-order chi connectivity index (χ0) is 31.9. The molecule has 0 amide bonds. The molecular weight excluding hydrogens is 592 g/mol. The van der Waals surface area contributed by atoms with E-state index in [0.29, 0.717) is 27.6 Å². The zero-order valence-corrected chi connectivity index (χ0v) is 27.1. The van der Waals surface area contributed by atoms with Crippen LogP contribution >= 0.6 is 11.6 Å². The molecule has 230 valence electrons. The predicted octanol–water partition coefficient (Wildman–Crippen LogP) is 11.9. The fourth-order valence-corrected chi connectivity index (χ4v) is 6.76. The lowest BCUT2D eigenvalue weighted by Gasteiger charge is -2.14. The highest BCUT2D eigenvalue weighted by atomic mass is 35.5. The van der Waals surface area contributed by atoms with Crippen LogP contribution in [-0.2, 0) is 13.0 Å². The van der Waals surface area contributed by atoms with Gasteiger partial charge in [-0.25, -0.2) is 0 Å². The van der Waals surface area contributed by atoms with E-state index in [1.165, 1.54) is 10.9 Å². The Kier molecular flexibility index (Phi) is 7.71. The van der Waals surface area contributed by atoms with Gasteiger partial charge in [-0.15, -0.1) is 0 Å². The molecule has 0 radical (unpaired) electrons. The van der Waals surface area contributed by atoms with Gasteiger partial charge in [0.05, 0.1) is 22.3 Å². The second-order valence-electron chi connectivity index (χ2n) is 11.0. The van der Waals surface area contributed by atoms with Gasteiger partial charge in [0.15, 0.2) is 11.3 Å². The van der Waals surface area contributed by atoms with E-state index in [0.717, 1.165) is 61.6 Å². The Hall–Kier alpha value is -5.13. The normalized spacial score (nSPS) is 11.8. The Balaban J connectivity index is 0.00000166. The van der Waals surface area contributed by atoms with Gasteiger partial charge in [-0.1, -0.05) is 80.9 Å². The second kappa shape index (κ2) is 12.0. The monoisotopic (exact) mass is 626 g/mol. The summed E-state index contributed by atoms with van der Waals surface area (Å²) in [5, 5.41) is 5.66. The molecule has 3 aromatic heterocycles. The Morgan fingerprint density at radius 2 is 1.57 bits per heavy atom. The molecule has 5 aromatic carbocycles. The molecule has 8 aromatic rings. The van der Waals surface area contributed by atoms with Gasteiger partial charge in [-0.3, -0.25) is 0 Å². The van der Waals surface area contributed by atoms with Gasteiger partial charge in [-0.2, -0.15) is 0 Å². The first-order valence-corrected chi connectivity index (χ1v) is 16.2. The largest absolute Gasteiger partial charge is 0.486 e. The molecule has 0 aliphatic rings. The number of aromatic nitrogens is 1. The molecule has 8 rings (SSSR count). The highest BCUT2D eigenvalue weighted by molar-refractivity contribution is 6.31. The Morgan fingerprint density at radius 1 is 0.804 bits per heavy atom. The summed E-state index contributed by atoms with van der Waals surface area (Å²) in [5.41, 5.74) is 15.7. The number of benzene rings is 5. The third kappa shape index (κ3) is 4.62. The van der Waals surface area contributed by atoms with E-state index < -0.39 is 0 Å². The van der Waals surface area contributed by atoms with E-state index in [1.807, 2.05) is 62.4 Å². The summed E-state index contributed by atoms with van der Waals surface area (Å²) in [5.74, 6) is 0.591. The van der Waals surface area contributed by atoms with E-state index in [1.54, 1.807) is 0 Å². The van der Waals surface area contributed by atoms with Crippen molar-refractivity contribution in [3.63, 3.8) is 0 Å². The highest BCUT2D eigenvalue weighted by Gasteiger charge is 2.22. The van der Waals surface area contributed by atoms with Crippen LogP contribution in [0.3, 0.4) is 0 Å². The standard InChI is InChI=1S/C38H29ClN2O3.C2H6/c1-3-9-29-24(4-2)25-10-5-7-12-30(25)41(29)31-18-14-22(35-26-11-6-8-13-32(26)44-38(31)35)21-42-37-28(40)17-19-33-36(37)27-16-15-23(39)20-34(27)43-33;1-2/h3,5-20H,4,21,40H2,1-2H3;1-2H3/b9-3-;. The summed E-state index contributed by atoms with van der Waals surface area (Å²) in [7, 11) is 0. The number of rotatable bonds is 6. The summed E-state index contributed by atoms with van der Waals surface area (Å²) in [6.07, 6.45) is 5.21. The average molecular weight is 627 g/mol. The summed E-state index contributed by atoms with van der Waals surface area (Å²) < 4.78 is 21.7. The number of aryl methyl sites for hydroxylation is 1. The second-order valence-corrected chi connectivity index (χ2v) is 11.4. The van der Waals surface area contributed by atoms with Crippen LogP contribution in [0.25, 0.3) is 66.5 Å². The number of nitrogens with two attached hydrogens (primary N) is 1. The van der Waals surface area contributed by atoms with Crippen molar-refractivity contribution in [1.29, 1.82) is 0 Å². The lowest BCUT2D eigenvalue weighted by atomic mass is 10.0. The topological polar surface area (TPSA) is 66.5 Å². The number of hydrogen-bond donors (Lipinski definition) is 1. The minimum atomic E-state index is 0.290. The molecule has 0 aliphatic carbocycles. The van der Waals surface area contributed by atoms with E-state index in [9.17, 15) is 0 Å². The van der Waals surface area contributed by atoms with Gasteiger partial charge in [0.2, 0.25) is 0 Å². The first-order chi connectivity index (χ1) is 22.6. The molecule has 46 heavy (non-hydrogen) atoms. The molecule has 0 atom stereocenters. The van der Waals surface area contributed by atoms with Crippen LogP contribution < -0.4 is 10.5 Å². The number of halogens is 1. The minimum Gasteiger partial charge on any atom is -0.486 e. The lowest BCUT2D eigenvalue weighted by Crippen LogP contribution is -2.02. The van der Waals surface area contributed by atoms with Crippen LogP contribution in [0.1, 0.15) is 44.5 Å². The maximum Gasteiger partial charge on any atom is 0.159 e. The number of hydrogen-bond acceptors (Lipinski definition) is 4. The van der Waals surface area contributed by atoms with E-state index in [-0.39, 0.29) is 6.61 Å². The van der Waals surface area contributed by atoms with Crippen LogP contribution in [0, 0.1) is 0 Å². The van der Waals surface area contributed by atoms with Crippen molar-refractivity contribution in [2.24, 2.45) is 0 Å². The van der Waals surface area contributed by atoms with Gasteiger partial charge in [0, 0.05) is 43.9 Å². The summed E-state index contributed by atoms with van der Waals surface area (Å²) in [6, 6.07) is 30.3. The quantitative estimate of drug-likeness (QED) is 0.186. The molecule has 6 heteroatoms. The maximum absolute atomic E-state index is 6.65. The number of nitrogens with zero attached hydrogens (tertiary/aromatic N) is 1. The zero-order valence-electron chi connectivity index (χ0n) is 26.4. The molecular formula is C40H35ClN2O3. The molecule has 2 N–H and O–H groups in total. The summed E-state index contributed by atoms with van der Waals surface area (Å²) in [4.78, 5) is 0. The maximum atomic E-state index is 6.65. The van der Waals surface area contributed by atoms with Crippen LogP contribution in [0.15, 0.2) is 106 Å². The molecule has 5 nitrogen and oxygen atoms in total. The molecule has 0 bridgehead atoms. The van der Waals surface area contributed by atoms with Crippen molar-refractivity contribution in [3.8, 4) is 11.4 Å². The smallest absolute Gasteiger partial charge is 0.159 e. The fraction of sp³-hybridized carbons (Fsp3) is 0.150. The van der Waals surface area contributed by atoms with Crippen LogP contribution in [0.2, 0.25) is 5.02 Å². The van der Waals surface area contributed by atoms with Gasteiger partial charge >= 0.3 is 0 Å². The molecule has 0 unspecified atom stereocenters. The molecule has 0 aliphatic heterocycles. The average Bonchev–Trinajstić information content (AvgIpc) is 3.75. The van der Waals surface area contributed by atoms with Crippen molar-refractivity contribution in [2.75, 3.05) is 5.73 Å². The Labute approximate surface area is 272 Å². The number of nitrogen functional groups attached to an aromatic ring is 1. The van der Waals surface area contributed by atoms with Crippen LogP contribution in [0.4, 0.5) is 5.69 Å². The lowest BCUT2D eigenvalue weighted by molar-refractivity contribution is 0.313. The number of fused-ring (bicyclic) bond motifs is 7. The SMILES string of the molecule is C/C=C\c1c(CC)c2ccccc2n1-c1ccc(COc2c(N)ccc3oc4cc(Cl)ccc4c23)c2c1oc1ccccc12.CC. The molecule has 3 heterocycles. The molecule has 0 fully saturated rings.